The Morgan fingerprint density at radius 3 is 2.24 bits per heavy atom. The van der Waals surface area contributed by atoms with Crippen molar-refractivity contribution in [3.8, 4) is 5.75 Å². The third kappa shape index (κ3) is 9.22. The van der Waals surface area contributed by atoms with E-state index >= 15 is 0 Å². The largest absolute Gasteiger partial charge is 0.495 e. The van der Waals surface area contributed by atoms with Gasteiger partial charge in [0.2, 0.25) is 0 Å². The van der Waals surface area contributed by atoms with E-state index in [1.165, 1.54) is 6.26 Å². The first-order valence-electron chi connectivity index (χ1n) is 12.6. The highest BCUT2D eigenvalue weighted by atomic mass is 35.5. The van der Waals surface area contributed by atoms with Crippen LogP contribution in [0, 0.1) is 0 Å². The van der Waals surface area contributed by atoms with Crippen LogP contribution in [-0.4, -0.2) is 96.3 Å². The first kappa shape index (κ1) is 29.3. The molecule has 0 unspecified atom stereocenters. The van der Waals surface area contributed by atoms with Crippen LogP contribution in [0.3, 0.4) is 0 Å². The Labute approximate surface area is 226 Å². The maximum Gasteiger partial charge on any atom is 0.148 e. The molecule has 206 valence electrons. The highest BCUT2D eigenvalue weighted by molar-refractivity contribution is 7.90. The first-order valence-corrected chi connectivity index (χ1v) is 15.0. The number of piperidine rings is 1. The topological polar surface area (TPSA) is 100 Å². The zero-order chi connectivity index (χ0) is 26.8. The second kappa shape index (κ2) is 14.1. The van der Waals surface area contributed by atoms with E-state index in [0.717, 1.165) is 63.5 Å². The lowest BCUT2D eigenvalue weighted by Gasteiger charge is -2.43. The second-order valence-electron chi connectivity index (χ2n) is 9.44. The molecule has 9 nitrogen and oxygen atoms in total. The third-order valence-corrected chi connectivity index (χ3v) is 8.03. The minimum Gasteiger partial charge on any atom is -0.495 e. The molecule has 0 atom stereocenters. The average Bonchev–Trinajstić information content (AvgIpc) is 2.89. The number of nitrogen functional groups attached to an aromatic ring is 1. The molecular weight excluding hydrogens is 514 g/mol. The van der Waals surface area contributed by atoms with E-state index in [1.807, 2.05) is 36.4 Å². The van der Waals surface area contributed by atoms with Crippen LogP contribution in [0.15, 0.2) is 42.5 Å². The number of nitrogens with two attached hydrogens (primary N) is 1. The van der Waals surface area contributed by atoms with Crippen molar-refractivity contribution in [2.75, 3.05) is 88.2 Å². The predicted octanol–water partition coefficient (Wildman–Crippen LogP) is 3.22. The number of hydrogen-bond acceptors (Lipinski definition) is 9. The summed E-state index contributed by atoms with van der Waals surface area (Å²) in [7, 11) is 0.317. The van der Waals surface area contributed by atoms with Gasteiger partial charge in [0.05, 0.1) is 42.1 Å². The van der Waals surface area contributed by atoms with Gasteiger partial charge in [-0.3, -0.25) is 20.1 Å². The predicted molar refractivity (Wildman–Crippen MR) is 152 cm³/mol. The maximum absolute atomic E-state index is 11.4. The quantitative estimate of drug-likeness (QED) is 0.377. The molecule has 4 rings (SSSR count). The molecule has 2 aliphatic heterocycles. The summed E-state index contributed by atoms with van der Waals surface area (Å²) in [6.07, 6.45) is 3.48. The van der Waals surface area contributed by atoms with Crippen molar-refractivity contribution in [3.63, 3.8) is 0 Å². The summed E-state index contributed by atoms with van der Waals surface area (Å²) in [6.45, 7) is 6.43. The molecule has 0 amide bonds. The fourth-order valence-corrected chi connectivity index (χ4v) is 5.60. The van der Waals surface area contributed by atoms with Crippen molar-refractivity contribution < 1.29 is 18.0 Å². The molecule has 37 heavy (non-hydrogen) atoms. The van der Waals surface area contributed by atoms with Crippen LogP contribution in [0.4, 0.5) is 17.1 Å². The van der Waals surface area contributed by atoms with E-state index < -0.39 is 9.84 Å². The fraction of sp³-hybridized carbons (Fsp3) is 0.538. The summed E-state index contributed by atoms with van der Waals surface area (Å²) in [5, 5.41) is 0.663. The molecule has 0 spiro atoms. The van der Waals surface area contributed by atoms with E-state index in [4.69, 9.17) is 22.1 Å². The Kier molecular flexibility index (Phi) is 11.1. The number of anilines is 3. The molecule has 0 aliphatic carbocycles. The first-order chi connectivity index (χ1) is 17.7. The van der Waals surface area contributed by atoms with Gasteiger partial charge in [0.15, 0.2) is 0 Å². The lowest BCUT2D eigenvalue weighted by molar-refractivity contribution is 0.0882. The summed E-state index contributed by atoms with van der Waals surface area (Å²) in [4.78, 5) is 11.8. The molecule has 0 aromatic heterocycles. The smallest absolute Gasteiger partial charge is 0.148 e. The molecule has 0 saturated carbocycles. The number of piperazine rings is 1. The number of para-hydroxylation sites is 1. The molecule has 2 aromatic carbocycles. The number of halogens is 1. The van der Waals surface area contributed by atoms with E-state index in [0.29, 0.717) is 29.0 Å². The van der Waals surface area contributed by atoms with Crippen molar-refractivity contribution in [3.05, 3.63) is 47.5 Å². The normalized spacial score (nSPS) is 17.7. The van der Waals surface area contributed by atoms with Crippen LogP contribution in [0.1, 0.15) is 12.8 Å². The zero-order valence-corrected chi connectivity index (χ0v) is 23.6. The van der Waals surface area contributed by atoms with E-state index in [1.54, 1.807) is 20.3 Å². The van der Waals surface area contributed by atoms with Crippen LogP contribution in [0.2, 0.25) is 5.02 Å². The minimum absolute atomic E-state index is 0.247. The standard InChI is InChI=1S/C19H31ClN4O3S.C7H9NO/c1-27-19-14-18(16(20)13-17(19)21)24-5-3-15(4-6-24)23-9-7-22(8-10-23)11-12-28(2,25)26;1-9-8-7-5-3-2-4-6-7/h13-15H,3-12,21H2,1-2H3;2-6,8H,1H3. The van der Waals surface area contributed by atoms with Crippen LogP contribution >= 0.6 is 11.6 Å². The monoisotopic (exact) mass is 553 g/mol. The van der Waals surface area contributed by atoms with Crippen molar-refractivity contribution in [1.82, 2.24) is 9.80 Å². The minimum atomic E-state index is -2.89. The van der Waals surface area contributed by atoms with Gasteiger partial charge in [-0.15, -0.1) is 0 Å². The summed E-state index contributed by atoms with van der Waals surface area (Å²) in [5.74, 6) is 0.906. The lowest BCUT2D eigenvalue weighted by Crippen LogP contribution is -2.53. The van der Waals surface area contributed by atoms with Crippen LogP contribution < -0.4 is 20.9 Å². The maximum atomic E-state index is 11.4. The van der Waals surface area contributed by atoms with Gasteiger partial charge in [-0.1, -0.05) is 29.8 Å². The van der Waals surface area contributed by atoms with Gasteiger partial charge >= 0.3 is 0 Å². The summed E-state index contributed by atoms with van der Waals surface area (Å²) >= 11 is 6.42. The van der Waals surface area contributed by atoms with Gasteiger partial charge in [0.25, 0.3) is 0 Å². The highest BCUT2D eigenvalue weighted by Crippen LogP contribution is 2.36. The SMILES string of the molecule is CONc1ccccc1.COc1cc(N2CCC(N3CCN(CCS(C)(=O)=O)CC3)CC2)c(Cl)cc1N. The number of ether oxygens (including phenoxy) is 1. The van der Waals surface area contributed by atoms with Crippen molar-refractivity contribution >= 4 is 38.5 Å². The number of methoxy groups -OCH3 is 1. The number of nitrogens with one attached hydrogen (secondary N) is 1. The van der Waals surface area contributed by atoms with E-state index in [9.17, 15) is 8.42 Å². The van der Waals surface area contributed by atoms with Gasteiger partial charge in [0, 0.05) is 64.2 Å². The molecular formula is C26H40ClN5O4S. The van der Waals surface area contributed by atoms with Crippen LogP contribution in [0.5, 0.6) is 5.75 Å². The zero-order valence-electron chi connectivity index (χ0n) is 22.0. The number of sulfone groups is 1. The second-order valence-corrected chi connectivity index (χ2v) is 12.1. The fourth-order valence-electron chi connectivity index (χ4n) is 4.72. The number of nitrogens with zero attached hydrogens (tertiary/aromatic N) is 3. The van der Waals surface area contributed by atoms with Crippen LogP contribution in [-0.2, 0) is 14.7 Å². The molecule has 0 radical (unpaired) electrons. The van der Waals surface area contributed by atoms with Crippen molar-refractivity contribution in [1.29, 1.82) is 0 Å². The van der Waals surface area contributed by atoms with E-state index in [2.05, 4.69) is 25.0 Å². The Bertz CT molecular complexity index is 1070. The molecule has 2 fully saturated rings. The van der Waals surface area contributed by atoms with Gasteiger partial charge in [-0.05, 0) is 31.0 Å². The molecule has 2 aliphatic rings. The van der Waals surface area contributed by atoms with Gasteiger partial charge in [-0.2, -0.15) is 0 Å². The summed E-state index contributed by atoms with van der Waals surface area (Å²) in [5.41, 5.74) is 11.2. The van der Waals surface area contributed by atoms with Gasteiger partial charge in [0.1, 0.15) is 15.6 Å². The molecule has 3 N–H and O–H groups in total. The Morgan fingerprint density at radius 2 is 1.68 bits per heavy atom. The molecule has 2 aromatic rings. The number of rotatable bonds is 8. The third-order valence-electron chi connectivity index (χ3n) is 6.80. The van der Waals surface area contributed by atoms with Gasteiger partial charge in [-0.25, -0.2) is 8.42 Å². The number of benzene rings is 2. The summed E-state index contributed by atoms with van der Waals surface area (Å²) < 4.78 is 28.0. The summed E-state index contributed by atoms with van der Waals surface area (Å²) in [6, 6.07) is 14.0. The lowest BCUT2D eigenvalue weighted by atomic mass is 10.0. The van der Waals surface area contributed by atoms with Crippen LogP contribution in [0.25, 0.3) is 0 Å². The average molecular weight is 554 g/mol. The Morgan fingerprint density at radius 1 is 1.03 bits per heavy atom. The van der Waals surface area contributed by atoms with Crippen molar-refractivity contribution in [2.45, 2.75) is 18.9 Å². The Balaban J connectivity index is 0.000000356. The molecule has 2 heterocycles. The molecule has 0 bridgehead atoms. The molecule has 11 heteroatoms. The molecule has 2 saturated heterocycles. The Hall–Kier alpha value is -2.24. The van der Waals surface area contributed by atoms with Crippen molar-refractivity contribution in [2.24, 2.45) is 0 Å². The number of hydrogen-bond donors (Lipinski definition) is 2. The van der Waals surface area contributed by atoms with Gasteiger partial charge < -0.3 is 15.4 Å². The van der Waals surface area contributed by atoms with E-state index in [-0.39, 0.29) is 5.75 Å². The highest BCUT2D eigenvalue weighted by Gasteiger charge is 2.28.